The molecule has 3 atom stereocenters. The zero-order chi connectivity index (χ0) is 34.2. The first-order chi connectivity index (χ1) is 23.6. The van der Waals surface area contributed by atoms with Crippen LogP contribution >= 0.6 is 0 Å². The molecule has 13 nitrogen and oxygen atoms in total. The molecule has 0 unspecified atom stereocenters. The number of amides is 1. The number of hydrogen-bond acceptors (Lipinski definition) is 10. The summed E-state index contributed by atoms with van der Waals surface area (Å²) in [5.74, 6) is 0.548. The number of anilines is 1. The van der Waals surface area contributed by atoms with Crippen LogP contribution in [0.25, 0.3) is 0 Å². The van der Waals surface area contributed by atoms with Gasteiger partial charge in [-0.15, -0.1) is 0 Å². The Morgan fingerprint density at radius 1 is 1.12 bits per heavy atom. The van der Waals surface area contributed by atoms with Gasteiger partial charge in [0.2, 0.25) is 0 Å². The number of aromatic nitrogens is 2. The second kappa shape index (κ2) is 14.3. The lowest BCUT2D eigenvalue weighted by Gasteiger charge is -2.54. The lowest BCUT2D eigenvalue weighted by Crippen LogP contribution is -2.61. The van der Waals surface area contributed by atoms with Crippen LogP contribution in [0.5, 0.6) is 11.5 Å². The number of ether oxygens (including phenoxy) is 3. The molecule has 0 saturated carbocycles. The van der Waals surface area contributed by atoms with Crippen molar-refractivity contribution < 1.29 is 31.8 Å². The van der Waals surface area contributed by atoms with Crippen molar-refractivity contribution in [2.75, 3.05) is 70.5 Å². The summed E-state index contributed by atoms with van der Waals surface area (Å²) < 4.78 is 61.6. The fourth-order valence-corrected chi connectivity index (χ4v) is 9.28. The summed E-state index contributed by atoms with van der Waals surface area (Å²) in [4.78, 5) is 29.0. The Bertz CT molecular complexity index is 1580. The van der Waals surface area contributed by atoms with Crippen LogP contribution in [0.2, 0.25) is 0 Å². The first kappa shape index (κ1) is 34.5. The van der Waals surface area contributed by atoms with Gasteiger partial charge < -0.3 is 28.9 Å². The van der Waals surface area contributed by atoms with Crippen molar-refractivity contribution in [3.63, 3.8) is 0 Å². The van der Waals surface area contributed by atoms with E-state index in [1.54, 1.807) is 11.1 Å². The van der Waals surface area contributed by atoms with E-state index in [1.807, 2.05) is 13.8 Å². The van der Waals surface area contributed by atoms with Crippen LogP contribution in [0, 0.1) is 11.2 Å². The predicted octanol–water partition coefficient (Wildman–Crippen LogP) is 3.04. The molecule has 2 aromatic rings. The second-order valence-corrected chi connectivity index (χ2v) is 16.2. The number of rotatable bonds is 11. The molecule has 5 aliphatic heterocycles. The van der Waals surface area contributed by atoms with Gasteiger partial charge in [0.1, 0.15) is 17.9 Å². The molecule has 6 heterocycles. The summed E-state index contributed by atoms with van der Waals surface area (Å²) in [6.07, 6.45) is 8.61. The Kier molecular flexibility index (Phi) is 10.1. The third kappa shape index (κ3) is 7.57. The van der Waals surface area contributed by atoms with Crippen molar-refractivity contribution in [3.8, 4) is 11.5 Å². The van der Waals surface area contributed by atoms with Gasteiger partial charge in [-0.1, -0.05) is 0 Å². The summed E-state index contributed by atoms with van der Waals surface area (Å²) >= 11 is 0. The first-order valence-corrected chi connectivity index (χ1v) is 19.1. The number of halogens is 1. The predicted molar refractivity (Wildman–Crippen MR) is 180 cm³/mol. The quantitative estimate of drug-likeness (QED) is 0.373. The molecule has 1 spiro atoms. The van der Waals surface area contributed by atoms with Gasteiger partial charge in [-0.2, -0.15) is 17.4 Å². The molecule has 5 saturated heterocycles. The van der Waals surface area contributed by atoms with Crippen LogP contribution in [0.3, 0.4) is 0 Å². The molecule has 1 N–H and O–H groups in total. The van der Waals surface area contributed by atoms with Gasteiger partial charge in [0, 0.05) is 56.8 Å². The van der Waals surface area contributed by atoms with Crippen molar-refractivity contribution in [3.05, 3.63) is 42.1 Å². The van der Waals surface area contributed by atoms with Gasteiger partial charge in [-0.3, -0.25) is 4.79 Å². The molecule has 0 bridgehead atoms. The maximum absolute atomic E-state index is 14.5. The van der Waals surface area contributed by atoms with E-state index in [0.717, 1.165) is 71.2 Å². The highest BCUT2D eigenvalue weighted by Crippen LogP contribution is 2.45. The van der Waals surface area contributed by atoms with Gasteiger partial charge in [0.25, 0.3) is 16.1 Å². The average Bonchev–Trinajstić information content (AvgIpc) is 3.55. The summed E-state index contributed by atoms with van der Waals surface area (Å²) in [7, 11) is -3.40. The lowest BCUT2D eigenvalue weighted by atomic mass is 9.72. The summed E-state index contributed by atoms with van der Waals surface area (Å²) in [6.45, 7) is 11.0. The molecule has 7 rings (SSSR count). The maximum atomic E-state index is 14.5. The first-order valence-electron chi connectivity index (χ1n) is 17.6. The zero-order valence-electron chi connectivity index (χ0n) is 28.4. The molecular formula is C34H48FN7O6S. The van der Waals surface area contributed by atoms with Crippen molar-refractivity contribution in [2.45, 2.75) is 76.6 Å². The Labute approximate surface area is 288 Å². The summed E-state index contributed by atoms with van der Waals surface area (Å²) in [5.41, 5.74) is 0.345. The highest BCUT2D eigenvalue weighted by Gasteiger charge is 2.46. The smallest absolute Gasteiger partial charge is 0.279 e. The second-order valence-electron chi connectivity index (χ2n) is 14.5. The Morgan fingerprint density at radius 2 is 1.92 bits per heavy atom. The number of benzene rings is 1. The fourth-order valence-electron chi connectivity index (χ4n) is 7.78. The van der Waals surface area contributed by atoms with E-state index in [2.05, 4.69) is 24.5 Å². The third-order valence-electron chi connectivity index (χ3n) is 10.7. The fraction of sp³-hybridized carbons (Fsp3) is 0.676. The number of nitrogens with zero attached hydrogens (tertiary/aromatic N) is 6. The minimum Gasteiger partial charge on any atom is -0.451 e. The van der Waals surface area contributed by atoms with Crippen molar-refractivity contribution in [1.29, 1.82) is 0 Å². The van der Waals surface area contributed by atoms with Crippen molar-refractivity contribution in [2.24, 2.45) is 5.41 Å². The largest absolute Gasteiger partial charge is 0.451 e. The van der Waals surface area contributed by atoms with Crippen LogP contribution in [0.4, 0.5) is 10.2 Å². The highest BCUT2D eigenvalue weighted by molar-refractivity contribution is 7.87. The number of likely N-dealkylation sites (tertiary alicyclic amines) is 1. The number of carbonyl (C=O) groups excluding carboxylic acids is 1. The van der Waals surface area contributed by atoms with E-state index < -0.39 is 16.0 Å². The molecule has 5 fully saturated rings. The molecule has 268 valence electrons. The van der Waals surface area contributed by atoms with E-state index in [4.69, 9.17) is 14.2 Å². The monoisotopic (exact) mass is 701 g/mol. The molecule has 0 radical (unpaired) electrons. The van der Waals surface area contributed by atoms with Gasteiger partial charge in [0.05, 0.1) is 37.1 Å². The Morgan fingerprint density at radius 3 is 2.57 bits per heavy atom. The van der Waals surface area contributed by atoms with Crippen LogP contribution < -0.4 is 14.4 Å². The Balaban J connectivity index is 0.928. The maximum Gasteiger partial charge on any atom is 0.279 e. The molecule has 15 heteroatoms. The number of nitrogens with one attached hydrogen (secondary N) is 1. The van der Waals surface area contributed by atoms with Gasteiger partial charge in [0.15, 0.2) is 11.6 Å². The standard InChI is InChI=1S/C34H48FN7O6S/c1-24(2)42(27-8-15-46-20-27)33(43)29-16-25(35)4-7-30(29)48-31-17-36-23-37-32(31)40-21-34(22-40)9-13-39(14-10-34)18-28-6-5-26(19-47-28)38-49(44,45)41-11-3-12-41/h4,7,16-17,23-24,26-28,38H,3,5-6,8-15,18-22H2,1-2H3/t26-,27+,28+/m1/s1. The van der Waals surface area contributed by atoms with E-state index in [0.29, 0.717) is 44.5 Å². The minimum atomic E-state index is -3.40. The number of carbonyl (C=O) groups is 1. The van der Waals surface area contributed by atoms with Gasteiger partial charge >= 0.3 is 0 Å². The SMILES string of the molecule is CC(C)N(C(=O)c1cc(F)ccc1Oc1cncnc1N1CC2(CCN(C[C@@H]3CC[C@@H](NS(=O)(=O)N4CCC4)CO3)CC2)C1)[C@H]1CCOC1. The topological polar surface area (TPSA) is 130 Å². The van der Waals surface area contributed by atoms with Crippen LogP contribution in [0.15, 0.2) is 30.7 Å². The highest BCUT2D eigenvalue weighted by atomic mass is 32.2. The normalized spacial score (nSPS) is 26.0. The van der Waals surface area contributed by atoms with E-state index in [-0.39, 0.29) is 46.9 Å². The average molecular weight is 702 g/mol. The van der Waals surface area contributed by atoms with Gasteiger partial charge in [-0.05, 0) is 83.7 Å². The van der Waals surface area contributed by atoms with E-state index in [1.165, 1.54) is 28.8 Å². The van der Waals surface area contributed by atoms with Crippen LogP contribution in [-0.2, 0) is 19.7 Å². The molecule has 5 aliphatic rings. The lowest BCUT2D eigenvalue weighted by molar-refractivity contribution is -0.0301. The number of hydrogen-bond donors (Lipinski definition) is 1. The minimum absolute atomic E-state index is 0.0753. The molecule has 1 aromatic carbocycles. The molecule has 0 aliphatic carbocycles. The Hall–Kier alpha value is -2.95. The van der Waals surface area contributed by atoms with Gasteiger partial charge in [-0.25, -0.2) is 14.4 Å². The summed E-state index contributed by atoms with van der Waals surface area (Å²) in [6, 6.07) is 3.70. The summed E-state index contributed by atoms with van der Waals surface area (Å²) in [5, 5.41) is 0. The van der Waals surface area contributed by atoms with Crippen molar-refractivity contribution in [1.82, 2.24) is 28.8 Å². The molecule has 49 heavy (non-hydrogen) atoms. The van der Waals surface area contributed by atoms with E-state index in [9.17, 15) is 17.6 Å². The molecule has 1 aromatic heterocycles. The van der Waals surface area contributed by atoms with Crippen LogP contribution in [0.1, 0.15) is 62.7 Å². The third-order valence-corrected chi connectivity index (χ3v) is 12.4. The van der Waals surface area contributed by atoms with E-state index >= 15 is 0 Å². The zero-order valence-corrected chi connectivity index (χ0v) is 29.2. The van der Waals surface area contributed by atoms with Crippen molar-refractivity contribution >= 4 is 21.9 Å². The molecule has 1 amide bonds. The number of piperidine rings is 1. The molecular weight excluding hydrogens is 653 g/mol. The van der Waals surface area contributed by atoms with Crippen LogP contribution in [-0.4, -0.2) is 128 Å².